The minimum absolute atomic E-state index is 0.292. The van der Waals surface area contributed by atoms with Crippen molar-refractivity contribution in [2.24, 2.45) is 0 Å². The highest BCUT2D eigenvalue weighted by molar-refractivity contribution is 5.89. The van der Waals surface area contributed by atoms with Crippen LogP contribution in [0, 0.1) is 5.82 Å². The topological polar surface area (TPSA) is 71.7 Å². The third kappa shape index (κ3) is 2.05. The fraction of sp³-hybridized carbons (Fsp3) is 0. The predicted octanol–water partition coefficient (Wildman–Crippen LogP) is 1.31. The van der Waals surface area contributed by atoms with E-state index < -0.39 is 23.5 Å². The van der Waals surface area contributed by atoms with Crippen molar-refractivity contribution in [3.63, 3.8) is 0 Å². The Kier molecular flexibility index (Phi) is 2.70. The van der Waals surface area contributed by atoms with Crippen molar-refractivity contribution < 1.29 is 24.2 Å². The molecule has 2 rings (SSSR count). The second kappa shape index (κ2) is 4.17. The van der Waals surface area contributed by atoms with Gasteiger partial charge < -0.3 is 15.1 Å². The summed E-state index contributed by atoms with van der Waals surface area (Å²) in [4.78, 5) is 16.2. The van der Waals surface area contributed by atoms with Gasteiger partial charge in [-0.3, -0.25) is 0 Å². The van der Waals surface area contributed by atoms with Crippen LogP contribution in [-0.2, 0) is 0 Å². The highest BCUT2D eigenvalue weighted by Gasteiger charge is 2.16. The number of aromatic nitrogens is 1. The van der Waals surface area contributed by atoms with Gasteiger partial charge in [0.1, 0.15) is 5.82 Å². The standard InChI is InChI=1S/C11H8FNO4/c12-8-4-2-1-3-7(8)11(16)17-13-9(14)5-6-10(13)15/h1-6,14-15H. The highest BCUT2D eigenvalue weighted by Crippen LogP contribution is 2.19. The maximum atomic E-state index is 13.2. The van der Waals surface area contributed by atoms with Crippen LogP contribution in [0.25, 0.3) is 0 Å². The maximum Gasteiger partial charge on any atom is 0.366 e. The number of carbonyl (C=O) groups excluding carboxylic acids is 1. The summed E-state index contributed by atoms with van der Waals surface area (Å²) >= 11 is 0. The molecule has 1 aromatic heterocycles. The first kappa shape index (κ1) is 11.0. The molecule has 1 aromatic carbocycles. The second-order valence-corrected chi connectivity index (χ2v) is 3.20. The van der Waals surface area contributed by atoms with E-state index in [4.69, 9.17) is 0 Å². The number of hydrogen-bond donors (Lipinski definition) is 2. The van der Waals surface area contributed by atoms with Crippen molar-refractivity contribution >= 4 is 5.97 Å². The monoisotopic (exact) mass is 237 g/mol. The Morgan fingerprint density at radius 3 is 2.29 bits per heavy atom. The quantitative estimate of drug-likeness (QED) is 0.826. The molecule has 0 atom stereocenters. The first-order chi connectivity index (χ1) is 8.09. The fourth-order valence-electron chi connectivity index (χ4n) is 1.25. The van der Waals surface area contributed by atoms with Gasteiger partial charge >= 0.3 is 5.97 Å². The Morgan fingerprint density at radius 1 is 1.12 bits per heavy atom. The molecular formula is C11H8FNO4. The largest absolute Gasteiger partial charge is 0.492 e. The molecule has 0 fully saturated rings. The Labute approximate surface area is 95.3 Å². The van der Waals surface area contributed by atoms with Gasteiger partial charge in [-0.1, -0.05) is 12.1 Å². The van der Waals surface area contributed by atoms with E-state index in [9.17, 15) is 19.4 Å². The van der Waals surface area contributed by atoms with Crippen molar-refractivity contribution in [3.05, 3.63) is 47.8 Å². The highest BCUT2D eigenvalue weighted by atomic mass is 19.1. The molecule has 88 valence electrons. The van der Waals surface area contributed by atoms with Gasteiger partial charge in [0.25, 0.3) is 0 Å². The SMILES string of the molecule is O=C(On1c(O)ccc1O)c1ccccc1F. The lowest BCUT2D eigenvalue weighted by Gasteiger charge is -2.06. The predicted molar refractivity (Wildman–Crippen MR) is 55.1 cm³/mol. The van der Waals surface area contributed by atoms with E-state index in [-0.39, 0.29) is 5.56 Å². The minimum atomic E-state index is -1.02. The molecule has 0 aliphatic rings. The zero-order chi connectivity index (χ0) is 12.4. The van der Waals surface area contributed by atoms with E-state index in [1.54, 1.807) is 0 Å². The lowest BCUT2D eigenvalue weighted by atomic mass is 10.2. The molecule has 0 spiro atoms. The number of hydrogen-bond acceptors (Lipinski definition) is 4. The van der Waals surface area contributed by atoms with Gasteiger partial charge in [-0.25, -0.2) is 9.18 Å². The summed E-state index contributed by atoms with van der Waals surface area (Å²) in [5, 5.41) is 18.5. The fourth-order valence-corrected chi connectivity index (χ4v) is 1.25. The third-order valence-corrected chi connectivity index (χ3v) is 2.07. The van der Waals surface area contributed by atoms with Crippen molar-refractivity contribution in [2.45, 2.75) is 0 Å². The molecule has 1 heterocycles. The summed E-state index contributed by atoms with van der Waals surface area (Å²) in [6.07, 6.45) is 0. The van der Waals surface area contributed by atoms with Crippen LogP contribution < -0.4 is 4.84 Å². The van der Waals surface area contributed by atoms with Gasteiger partial charge in [-0.05, 0) is 12.1 Å². The molecule has 0 unspecified atom stereocenters. The molecule has 6 heteroatoms. The molecule has 17 heavy (non-hydrogen) atoms. The number of halogens is 1. The third-order valence-electron chi connectivity index (χ3n) is 2.07. The number of nitrogens with zero attached hydrogens (tertiary/aromatic N) is 1. The van der Waals surface area contributed by atoms with Crippen LogP contribution in [0.1, 0.15) is 10.4 Å². The Bertz CT molecular complexity index is 545. The average molecular weight is 237 g/mol. The van der Waals surface area contributed by atoms with Gasteiger partial charge in [0.15, 0.2) is 0 Å². The summed E-state index contributed by atoms with van der Waals surface area (Å²) in [5.74, 6) is -2.70. The second-order valence-electron chi connectivity index (χ2n) is 3.20. The van der Waals surface area contributed by atoms with Crippen LogP contribution in [0.3, 0.4) is 0 Å². The minimum Gasteiger partial charge on any atom is -0.492 e. The summed E-state index contributed by atoms with van der Waals surface area (Å²) in [6, 6.07) is 7.49. The van der Waals surface area contributed by atoms with Gasteiger partial charge in [-0.2, -0.15) is 0 Å². The number of aromatic hydroxyl groups is 2. The van der Waals surface area contributed by atoms with E-state index >= 15 is 0 Å². The maximum absolute atomic E-state index is 13.2. The van der Waals surface area contributed by atoms with Gasteiger partial charge in [0.2, 0.25) is 11.8 Å². The molecule has 0 aliphatic carbocycles. The molecule has 0 bridgehead atoms. The Morgan fingerprint density at radius 2 is 1.71 bits per heavy atom. The Hall–Kier alpha value is -2.50. The lowest BCUT2D eigenvalue weighted by Crippen LogP contribution is -2.20. The van der Waals surface area contributed by atoms with Gasteiger partial charge in [0, 0.05) is 12.1 Å². The summed E-state index contributed by atoms with van der Waals surface area (Å²) in [6.45, 7) is 0. The molecule has 5 nitrogen and oxygen atoms in total. The molecule has 0 radical (unpaired) electrons. The van der Waals surface area contributed by atoms with Gasteiger partial charge in [-0.15, -0.1) is 4.73 Å². The van der Waals surface area contributed by atoms with E-state index in [2.05, 4.69) is 4.84 Å². The van der Waals surface area contributed by atoms with E-state index in [1.807, 2.05) is 0 Å². The van der Waals surface area contributed by atoms with Crippen LogP contribution in [0.4, 0.5) is 4.39 Å². The first-order valence-electron chi connectivity index (χ1n) is 4.66. The number of carbonyl (C=O) groups is 1. The molecule has 0 saturated heterocycles. The summed E-state index contributed by atoms with van der Waals surface area (Å²) < 4.78 is 13.7. The van der Waals surface area contributed by atoms with Gasteiger partial charge in [0.05, 0.1) is 5.56 Å². The molecular weight excluding hydrogens is 229 g/mol. The molecule has 0 saturated carbocycles. The van der Waals surface area contributed by atoms with E-state index in [0.717, 1.165) is 18.2 Å². The zero-order valence-electron chi connectivity index (χ0n) is 8.50. The lowest BCUT2D eigenvalue weighted by molar-refractivity contribution is 0.0376. The molecule has 0 amide bonds. The van der Waals surface area contributed by atoms with Crippen molar-refractivity contribution in [1.29, 1.82) is 0 Å². The number of rotatable bonds is 2. The van der Waals surface area contributed by atoms with E-state index in [1.165, 1.54) is 18.2 Å². The normalized spacial score (nSPS) is 10.2. The van der Waals surface area contributed by atoms with Crippen LogP contribution in [0.5, 0.6) is 11.8 Å². The van der Waals surface area contributed by atoms with Crippen LogP contribution in [-0.4, -0.2) is 20.9 Å². The molecule has 2 aromatic rings. The zero-order valence-corrected chi connectivity index (χ0v) is 8.50. The number of benzene rings is 1. The van der Waals surface area contributed by atoms with E-state index in [0.29, 0.717) is 4.73 Å². The molecule has 0 aliphatic heterocycles. The van der Waals surface area contributed by atoms with Crippen molar-refractivity contribution in [1.82, 2.24) is 4.73 Å². The van der Waals surface area contributed by atoms with Crippen molar-refractivity contribution in [3.8, 4) is 11.8 Å². The van der Waals surface area contributed by atoms with Crippen LogP contribution in [0.15, 0.2) is 36.4 Å². The summed E-state index contributed by atoms with van der Waals surface area (Å²) in [7, 11) is 0. The van der Waals surface area contributed by atoms with Crippen LogP contribution >= 0.6 is 0 Å². The van der Waals surface area contributed by atoms with Crippen molar-refractivity contribution in [2.75, 3.05) is 0 Å². The average Bonchev–Trinajstić information content (AvgIpc) is 2.61. The Balaban J connectivity index is 2.27. The molecule has 2 N–H and O–H groups in total. The summed E-state index contributed by atoms with van der Waals surface area (Å²) in [5.41, 5.74) is -0.292. The van der Waals surface area contributed by atoms with Crippen LogP contribution in [0.2, 0.25) is 0 Å². The smallest absolute Gasteiger partial charge is 0.366 e. The first-order valence-corrected chi connectivity index (χ1v) is 4.66.